The average molecular weight is 440 g/mol. The summed E-state index contributed by atoms with van der Waals surface area (Å²) >= 11 is 14.7. The van der Waals surface area contributed by atoms with Crippen molar-refractivity contribution in [3.05, 3.63) is 0 Å². The van der Waals surface area contributed by atoms with Gasteiger partial charge in [-0.15, -0.1) is 35.0 Å². The van der Waals surface area contributed by atoms with Gasteiger partial charge < -0.3 is 0 Å². The van der Waals surface area contributed by atoms with Gasteiger partial charge in [0.2, 0.25) is 0 Å². The third-order valence-corrected chi connectivity index (χ3v) is 7.48. The normalized spacial score (nSPS) is 13.8. The van der Waals surface area contributed by atoms with E-state index in [-0.39, 0.29) is 9.42 Å². The number of hydrogen-bond donors (Lipinski definition) is 0. The van der Waals surface area contributed by atoms with Crippen LogP contribution in [0.5, 0.6) is 0 Å². The maximum absolute atomic E-state index is 6.47. The predicted molar refractivity (Wildman–Crippen MR) is 131 cm³/mol. The first-order chi connectivity index (χ1) is 13.2. The summed E-state index contributed by atoms with van der Waals surface area (Å²) in [6.45, 7) is 4.56. The van der Waals surface area contributed by atoms with Crippen LogP contribution in [-0.4, -0.2) is 9.42 Å². The van der Waals surface area contributed by atoms with Gasteiger partial charge in [0.15, 0.2) is 0 Å². The summed E-state index contributed by atoms with van der Waals surface area (Å²) in [4.78, 5) is 0. The Morgan fingerprint density at radius 3 is 1.00 bits per heavy atom. The van der Waals surface area contributed by atoms with Crippen LogP contribution in [0, 0.1) is 0 Å². The van der Waals surface area contributed by atoms with Gasteiger partial charge in [-0.2, -0.15) is 0 Å². The number of thioether (sulfide) groups is 1. The molecule has 0 amide bonds. The first-order valence-corrected chi connectivity index (χ1v) is 14.0. The van der Waals surface area contributed by atoms with E-state index in [2.05, 4.69) is 13.8 Å². The topological polar surface area (TPSA) is 0 Å². The van der Waals surface area contributed by atoms with Crippen molar-refractivity contribution in [1.82, 2.24) is 0 Å². The van der Waals surface area contributed by atoms with Crippen molar-refractivity contribution in [3.8, 4) is 0 Å². The molecule has 0 aliphatic rings. The van der Waals surface area contributed by atoms with Gasteiger partial charge in [0, 0.05) is 0 Å². The summed E-state index contributed by atoms with van der Waals surface area (Å²) in [5, 5.41) is 0. The molecule has 0 fully saturated rings. The molecule has 0 bridgehead atoms. The fourth-order valence-electron chi connectivity index (χ4n) is 3.53. The van der Waals surface area contributed by atoms with E-state index in [0.29, 0.717) is 0 Å². The zero-order chi connectivity index (χ0) is 20.0. The van der Waals surface area contributed by atoms with Crippen LogP contribution in [0.2, 0.25) is 0 Å². The van der Waals surface area contributed by atoms with Crippen molar-refractivity contribution in [2.45, 2.75) is 152 Å². The molecule has 2 unspecified atom stereocenters. The van der Waals surface area contributed by atoms with Crippen molar-refractivity contribution in [2.24, 2.45) is 0 Å². The van der Waals surface area contributed by atoms with Crippen LogP contribution in [0.4, 0.5) is 0 Å². The number of hydrogen-bond acceptors (Lipinski definition) is 1. The molecule has 0 rings (SSSR count). The molecule has 0 saturated carbocycles. The second-order valence-corrected chi connectivity index (χ2v) is 11.2. The van der Waals surface area contributed by atoms with E-state index in [0.717, 1.165) is 12.8 Å². The quantitative estimate of drug-likeness (QED) is 0.119. The Labute approximate surface area is 186 Å². The minimum atomic E-state index is 0.204. The summed E-state index contributed by atoms with van der Waals surface area (Å²) in [7, 11) is 0. The molecule has 0 nitrogen and oxygen atoms in total. The molecule has 0 N–H and O–H groups in total. The lowest BCUT2D eigenvalue weighted by Gasteiger charge is -2.14. The van der Waals surface area contributed by atoms with E-state index in [1.165, 1.54) is 116 Å². The fourth-order valence-corrected chi connectivity index (χ4v) is 5.66. The average Bonchev–Trinajstić information content (AvgIpc) is 2.65. The van der Waals surface area contributed by atoms with Gasteiger partial charge in [-0.05, 0) is 12.8 Å². The molecular weight excluding hydrogens is 391 g/mol. The number of alkyl halides is 2. The molecule has 164 valence electrons. The van der Waals surface area contributed by atoms with Crippen LogP contribution in [0.3, 0.4) is 0 Å². The summed E-state index contributed by atoms with van der Waals surface area (Å²) in [6.07, 6.45) is 27.0. The Bertz CT molecular complexity index is 247. The first kappa shape index (κ1) is 27.9. The second-order valence-electron chi connectivity index (χ2n) is 8.19. The molecule has 0 heterocycles. The molecular formula is C24H48Cl2S. The highest BCUT2D eigenvalue weighted by Gasteiger charge is 2.12. The Hall–Kier alpha value is 0.930. The first-order valence-electron chi connectivity index (χ1n) is 12.1. The lowest BCUT2D eigenvalue weighted by molar-refractivity contribution is 0.559. The van der Waals surface area contributed by atoms with Gasteiger partial charge in [-0.25, -0.2) is 0 Å². The smallest absolute Gasteiger partial charge is 0.0803 e. The zero-order valence-electron chi connectivity index (χ0n) is 18.5. The minimum absolute atomic E-state index is 0.204. The summed E-state index contributed by atoms with van der Waals surface area (Å²) in [6, 6.07) is 0. The highest BCUT2D eigenvalue weighted by Crippen LogP contribution is 2.31. The lowest BCUT2D eigenvalue weighted by atomic mass is 10.1. The van der Waals surface area contributed by atoms with Gasteiger partial charge in [0.25, 0.3) is 0 Å². The van der Waals surface area contributed by atoms with Crippen molar-refractivity contribution < 1.29 is 0 Å². The van der Waals surface area contributed by atoms with Gasteiger partial charge in [-0.1, -0.05) is 129 Å². The molecule has 0 radical (unpaired) electrons. The van der Waals surface area contributed by atoms with E-state index in [1.807, 2.05) is 0 Å². The number of halogens is 2. The fraction of sp³-hybridized carbons (Fsp3) is 1.00. The molecule has 0 saturated heterocycles. The van der Waals surface area contributed by atoms with E-state index in [4.69, 9.17) is 23.2 Å². The third-order valence-electron chi connectivity index (χ3n) is 5.36. The Balaban J connectivity index is 3.30. The van der Waals surface area contributed by atoms with Crippen LogP contribution in [0.15, 0.2) is 0 Å². The van der Waals surface area contributed by atoms with Crippen molar-refractivity contribution >= 4 is 35.0 Å². The highest BCUT2D eigenvalue weighted by atomic mass is 35.5. The van der Waals surface area contributed by atoms with Gasteiger partial charge in [-0.3, -0.25) is 0 Å². The van der Waals surface area contributed by atoms with Crippen molar-refractivity contribution in [1.29, 1.82) is 0 Å². The third kappa shape index (κ3) is 23.1. The van der Waals surface area contributed by atoms with Crippen LogP contribution in [0.1, 0.15) is 142 Å². The molecule has 0 aliphatic carbocycles. The van der Waals surface area contributed by atoms with Crippen LogP contribution in [-0.2, 0) is 0 Å². The second kappa shape index (κ2) is 23.2. The van der Waals surface area contributed by atoms with Crippen molar-refractivity contribution in [3.63, 3.8) is 0 Å². The molecule has 0 aromatic carbocycles. The largest absolute Gasteiger partial charge is 0.123 e. The SMILES string of the molecule is CCCCCCCCCCCC(Cl)SC(Cl)CCCCCCCCCCC. The molecule has 0 spiro atoms. The molecule has 0 aliphatic heterocycles. The standard InChI is InChI=1S/C24H48Cl2S/c1-3-5-7-9-11-13-15-17-19-21-23(25)27-24(26)22-20-18-16-14-12-10-8-6-4-2/h23-24H,3-22H2,1-2H3. The minimum Gasteiger partial charge on any atom is -0.123 e. The Kier molecular flexibility index (Phi) is 24.0. The molecule has 0 aromatic heterocycles. The monoisotopic (exact) mass is 438 g/mol. The summed E-state index contributed by atoms with van der Waals surface area (Å²) in [5.74, 6) is 0. The summed E-state index contributed by atoms with van der Waals surface area (Å²) in [5.41, 5.74) is 0. The van der Waals surface area contributed by atoms with Gasteiger partial charge in [0.05, 0.1) is 9.42 Å². The summed E-state index contributed by atoms with van der Waals surface area (Å²) < 4.78 is 0.409. The number of unbranched alkanes of at least 4 members (excludes halogenated alkanes) is 16. The van der Waals surface area contributed by atoms with E-state index in [1.54, 1.807) is 11.8 Å². The van der Waals surface area contributed by atoms with Crippen LogP contribution < -0.4 is 0 Å². The Morgan fingerprint density at radius 2 is 0.704 bits per heavy atom. The van der Waals surface area contributed by atoms with E-state index >= 15 is 0 Å². The van der Waals surface area contributed by atoms with Crippen LogP contribution >= 0.6 is 35.0 Å². The number of rotatable bonds is 22. The van der Waals surface area contributed by atoms with Crippen LogP contribution in [0.25, 0.3) is 0 Å². The predicted octanol–water partition coefficient (Wildman–Crippen LogP) is 10.7. The van der Waals surface area contributed by atoms with E-state index < -0.39 is 0 Å². The Morgan fingerprint density at radius 1 is 0.444 bits per heavy atom. The van der Waals surface area contributed by atoms with Gasteiger partial charge in [0.1, 0.15) is 0 Å². The maximum atomic E-state index is 6.47. The van der Waals surface area contributed by atoms with Crippen molar-refractivity contribution in [2.75, 3.05) is 0 Å². The maximum Gasteiger partial charge on any atom is 0.0803 e. The van der Waals surface area contributed by atoms with Gasteiger partial charge >= 0.3 is 0 Å². The lowest BCUT2D eigenvalue weighted by Crippen LogP contribution is -2.01. The van der Waals surface area contributed by atoms with E-state index in [9.17, 15) is 0 Å². The highest BCUT2D eigenvalue weighted by molar-refractivity contribution is 8.02. The zero-order valence-corrected chi connectivity index (χ0v) is 20.8. The molecule has 3 heteroatoms. The molecule has 0 aromatic rings. The molecule has 27 heavy (non-hydrogen) atoms. The molecule has 2 atom stereocenters.